The van der Waals surface area contributed by atoms with E-state index in [1.807, 2.05) is 0 Å². The zero-order chi connectivity index (χ0) is 14.3. The first-order valence-corrected chi connectivity index (χ1v) is 7.36. The summed E-state index contributed by atoms with van der Waals surface area (Å²) >= 11 is 0. The summed E-state index contributed by atoms with van der Waals surface area (Å²) in [5.41, 5.74) is 0. The van der Waals surface area contributed by atoms with Crippen LogP contribution in [0.1, 0.15) is 33.6 Å². The fourth-order valence-corrected chi connectivity index (χ4v) is 2.42. The average molecular weight is 272 g/mol. The summed E-state index contributed by atoms with van der Waals surface area (Å²) in [5, 5.41) is 9.86. The van der Waals surface area contributed by atoms with Crippen LogP contribution in [0, 0.1) is 0 Å². The largest absolute Gasteiger partial charge is 0.466 e. The van der Waals surface area contributed by atoms with Crippen LogP contribution in [-0.4, -0.2) is 72.4 Å². The lowest BCUT2D eigenvalue weighted by molar-refractivity contribution is -0.145. The van der Waals surface area contributed by atoms with E-state index < -0.39 is 6.10 Å². The minimum atomic E-state index is -0.616. The first-order valence-electron chi connectivity index (χ1n) is 7.36. The lowest BCUT2D eigenvalue weighted by atomic mass is 10.1. The molecule has 2 unspecified atom stereocenters. The van der Waals surface area contributed by atoms with Gasteiger partial charge in [0.1, 0.15) is 0 Å². The van der Waals surface area contributed by atoms with Crippen molar-refractivity contribution in [2.24, 2.45) is 0 Å². The highest BCUT2D eigenvalue weighted by Crippen LogP contribution is 2.09. The summed E-state index contributed by atoms with van der Waals surface area (Å²) in [6, 6.07) is 0.631. The summed E-state index contributed by atoms with van der Waals surface area (Å²) in [5.74, 6) is -0.312. The summed E-state index contributed by atoms with van der Waals surface area (Å²) in [7, 11) is 0. The van der Waals surface area contributed by atoms with E-state index in [0.29, 0.717) is 19.2 Å². The quantitative estimate of drug-likeness (QED) is 0.692. The Balaban J connectivity index is 2.23. The van der Waals surface area contributed by atoms with Crippen molar-refractivity contribution < 1.29 is 14.6 Å². The van der Waals surface area contributed by atoms with Gasteiger partial charge in [-0.3, -0.25) is 14.6 Å². The fraction of sp³-hybridized carbons (Fsp3) is 0.929. The van der Waals surface area contributed by atoms with Gasteiger partial charge in [0.25, 0.3) is 0 Å². The molecule has 0 spiro atoms. The molecule has 1 heterocycles. The first-order chi connectivity index (χ1) is 9.06. The summed E-state index contributed by atoms with van der Waals surface area (Å²) in [4.78, 5) is 16.0. The van der Waals surface area contributed by atoms with Crippen molar-refractivity contribution in [3.63, 3.8) is 0 Å². The molecule has 1 aliphatic heterocycles. The number of hydrogen-bond donors (Lipinski definition) is 1. The van der Waals surface area contributed by atoms with E-state index in [1.165, 1.54) is 6.42 Å². The van der Waals surface area contributed by atoms with Gasteiger partial charge in [-0.05, 0) is 20.3 Å². The highest BCUT2D eigenvalue weighted by atomic mass is 16.5. The minimum absolute atomic E-state index is 0.0966. The Labute approximate surface area is 116 Å². The van der Waals surface area contributed by atoms with Gasteiger partial charge < -0.3 is 9.84 Å². The number of aliphatic hydroxyl groups is 1. The number of nitrogens with zero attached hydrogens (tertiary/aromatic N) is 2. The van der Waals surface area contributed by atoms with Crippen LogP contribution in [0.3, 0.4) is 0 Å². The van der Waals surface area contributed by atoms with Gasteiger partial charge in [0, 0.05) is 38.8 Å². The Morgan fingerprint density at radius 1 is 1.26 bits per heavy atom. The van der Waals surface area contributed by atoms with E-state index in [-0.39, 0.29) is 12.4 Å². The number of aliphatic hydroxyl groups excluding tert-OH is 1. The molecule has 0 amide bonds. The van der Waals surface area contributed by atoms with Gasteiger partial charge in [0.05, 0.1) is 19.1 Å². The maximum absolute atomic E-state index is 11.3. The van der Waals surface area contributed by atoms with Gasteiger partial charge in [-0.15, -0.1) is 0 Å². The molecule has 0 aliphatic carbocycles. The molecule has 0 aromatic carbocycles. The van der Waals surface area contributed by atoms with Gasteiger partial charge in [0.2, 0.25) is 0 Å². The molecule has 5 nitrogen and oxygen atoms in total. The van der Waals surface area contributed by atoms with Crippen LogP contribution in [-0.2, 0) is 9.53 Å². The van der Waals surface area contributed by atoms with Crippen molar-refractivity contribution in [3.8, 4) is 0 Å². The topological polar surface area (TPSA) is 53.0 Å². The Hall–Kier alpha value is -0.650. The smallest absolute Gasteiger partial charge is 0.308 e. The molecule has 1 rings (SSSR count). The molecule has 0 saturated carbocycles. The van der Waals surface area contributed by atoms with E-state index in [4.69, 9.17) is 4.74 Å². The Bertz CT molecular complexity index is 265. The van der Waals surface area contributed by atoms with Gasteiger partial charge in [-0.25, -0.2) is 0 Å². The predicted octanol–water partition coefficient (Wildman–Crippen LogP) is 0.717. The van der Waals surface area contributed by atoms with Crippen molar-refractivity contribution in [2.75, 3.05) is 39.3 Å². The van der Waals surface area contributed by atoms with Gasteiger partial charge in [-0.1, -0.05) is 6.92 Å². The van der Waals surface area contributed by atoms with E-state index in [1.54, 1.807) is 6.92 Å². The van der Waals surface area contributed by atoms with Crippen LogP contribution in [0.4, 0.5) is 0 Å². The summed E-state index contributed by atoms with van der Waals surface area (Å²) in [6.45, 7) is 11.2. The maximum atomic E-state index is 11.3. The van der Waals surface area contributed by atoms with Crippen molar-refractivity contribution >= 4 is 5.97 Å². The normalized spacial score (nSPS) is 21.1. The average Bonchev–Trinajstić information content (AvgIpc) is 2.38. The SMILES string of the molecule is CCOC(=O)CC(O)CN1CCN(C(C)CC)CC1. The third kappa shape index (κ3) is 5.89. The third-order valence-electron chi connectivity index (χ3n) is 3.80. The van der Waals surface area contributed by atoms with E-state index in [0.717, 1.165) is 26.2 Å². The van der Waals surface area contributed by atoms with Gasteiger partial charge in [-0.2, -0.15) is 0 Å². The first kappa shape index (κ1) is 16.4. The third-order valence-corrected chi connectivity index (χ3v) is 3.80. The highest BCUT2D eigenvalue weighted by molar-refractivity contribution is 5.69. The second-order valence-corrected chi connectivity index (χ2v) is 5.26. The van der Waals surface area contributed by atoms with Crippen LogP contribution < -0.4 is 0 Å². The molecule has 1 fully saturated rings. The van der Waals surface area contributed by atoms with Crippen LogP contribution >= 0.6 is 0 Å². The zero-order valence-corrected chi connectivity index (χ0v) is 12.5. The number of carbonyl (C=O) groups is 1. The van der Waals surface area contributed by atoms with Crippen molar-refractivity contribution in [3.05, 3.63) is 0 Å². The number of hydrogen-bond acceptors (Lipinski definition) is 5. The molecule has 0 radical (unpaired) electrons. The standard InChI is InChI=1S/C14H28N2O3/c1-4-12(3)16-8-6-15(7-9-16)11-13(17)10-14(18)19-5-2/h12-13,17H,4-11H2,1-3H3. The molecule has 0 aromatic rings. The minimum Gasteiger partial charge on any atom is -0.466 e. The Morgan fingerprint density at radius 2 is 1.89 bits per heavy atom. The lowest BCUT2D eigenvalue weighted by Gasteiger charge is -2.38. The van der Waals surface area contributed by atoms with E-state index in [9.17, 15) is 9.90 Å². The Morgan fingerprint density at radius 3 is 2.42 bits per heavy atom. The second-order valence-electron chi connectivity index (χ2n) is 5.26. The fourth-order valence-electron chi connectivity index (χ4n) is 2.42. The highest BCUT2D eigenvalue weighted by Gasteiger charge is 2.22. The van der Waals surface area contributed by atoms with E-state index >= 15 is 0 Å². The number of ether oxygens (including phenoxy) is 1. The van der Waals surface area contributed by atoms with Crippen molar-refractivity contribution in [2.45, 2.75) is 45.8 Å². The van der Waals surface area contributed by atoms with Crippen LogP contribution in [0.5, 0.6) is 0 Å². The molecule has 1 N–H and O–H groups in total. The molecule has 0 bridgehead atoms. The number of piperazine rings is 1. The molecule has 5 heteroatoms. The van der Waals surface area contributed by atoms with E-state index in [2.05, 4.69) is 23.6 Å². The number of carbonyl (C=O) groups excluding carboxylic acids is 1. The van der Waals surface area contributed by atoms with Crippen LogP contribution in [0.2, 0.25) is 0 Å². The summed E-state index contributed by atoms with van der Waals surface area (Å²) < 4.78 is 4.84. The van der Waals surface area contributed by atoms with Gasteiger partial charge >= 0.3 is 5.97 Å². The summed E-state index contributed by atoms with van der Waals surface area (Å²) in [6.07, 6.45) is 0.652. The predicted molar refractivity (Wildman–Crippen MR) is 75.0 cm³/mol. The molecular formula is C14H28N2O3. The monoisotopic (exact) mass is 272 g/mol. The molecule has 1 aliphatic rings. The second kappa shape index (κ2) is 8.51. The molecule has 2 atom stereocenters. The molecule has 0 aromatic heterocycles. The lowest BCUT2D eigenvalue weighted by Crippen LogP contribution is -2.51. The maximum Gasteiger partial charge on any atom is 0.308 e. The Kier molecular flexibility index (Phi) is 7.34. The number of esters is 1. The molecule has 19 heavy (non-hydrogen) atoms. The zero-order valence-electron chi connectivity index (χ0n) is 12.5. The van der Waals surface area contributed by atoms with Gasteiger partial charge in [0.15, 0.2) is 0 Å². The van der Waals surface area contributed by atoms with Crippen molar-refractivity contribution in [1.82, 2.24) is 9.80 Å². The number of rotatable bonds is 7. The number of β-amino-alcohol motifs (C(OH)–C–C–N with tert-alkyl or cyclic N) is 1. The molecule has 112 valence electrons. The van der Waals surface area contributed by atoms with Crippen LogP contribution in [0.15, 0.2) is 0 Å². The molecular weight excluding hydrogens is 244 g/mol. The van der Waals surface area contributed by atoms with Crippen molar-refractivity contribution in [1.29, 1.82) is 0 Å². The molecule has 1 saturated heterocycles. The van der Waals surface area contributed by atoms with Crippen LogP contribution in [0.25, 0.3) is 0 Å².